The Bertz CT molecular complexity index is 1250. The molecule has 0 radical (unpaired) electrons. The Morgan fingerprint density at radius 2 is 1.73 bits per heavy atom. The van der Waals surface area contributed by atoms with Crippen molar-refractivity contribution in [3.8, 4) is 0 Å². The topological polar surface area (TPSA) is 66.5 Å². The number of hydrogen-bond donors (Lipinski definition) is 1. The third kappa shape index (κ3) is 6.80. The quantitative estimate of drug-likeness (QED) is 0.355. The first-order valence-corrected chi connectivity index (χ1v) is 13.1. The normalized spacial score (nSPS) is 12.5. The van der Waals surface area contributed by atoms with Crippen LogP contribution in [-0.4, -0.2) is 25.2 Å². The van der Waals surface area contributed by atoms with E-state index in [0.29, 0.717) is 15.6 Å². The monoisotopic (exact) mass is 568 g/mol. The van der Waals surface area contributed by atoms with Gasteiger partial charge in [0.1, 0.15) is 0 Å². The molecule has 3 rings (SSSR count). The van der Waals surface area contributed by atoms with E-state index in [1.165, 1.54) is 12.1 Å². The molecule has 0 saturated carbocycles. The Balaban J connectivity index is 1.86. The zero-order chi connectivity index (χ0) is 24.2. The SMILES string of the molecule is Cc1ccc(S(=O)(=O)N(CC(=O)NC(C)c2cccc(Br)c2)Cc2ccc(Cl)c(Cl)c2)cc1. The highest BCUT2D eigenvalue weighted by Crippen LogP contribution is 2.25. The number of carbonyl (C=O) groups is 1. The zero-order valence-electron chi connectivity index (χ0n) is 18.1. The van der Waals surface area contributed by atoms with Gasteiger partial charge < -0.3 is 5.32 Å². The van der Waals surface area contributed by atoms with Gasteiger partial charge in [-0.05, 0) is 61.4 Å². The molecular formula is C24H23BrCl2N2O3S. The standard InChI is InChI=1S/C24H23BrCl2N2O3S/c1-16-6-9-21(10-7-16)33(31,32)29(14-18-8-11-22(26)23(27)12-18)15-24(30)28-17(2)19-4-3-5-20(25)13-19/h3-13,17H,14-15H2,1-2H3,(H,28,30). The summed E-state index contributed by atoms with van der Waals surface area (Å²) in [5.74, 6) is -0.418. The molecule has 5 nitrogen and oxygen atoms in total. The average Bonchev–Trinajstić information content (AvgIpc) is 2.76. The van der Waals surface area contributed by atoms with E-state index in [4.69, 9.17) is 23.2 Å². The fraction of sp³-hybridized carbons (Fsp3) is 0.208. The highest BCUT2D eigenvalue weighted by atomic mass is 79.9. The number of amides is 1. The van der Waals surface area contributed by atoms with Gasteiger partial charge in [-0.2, -0.15) is 4.31 Å². The first kappa shape index (κ1) is 25.7. The van der Waals surface area contributed by atoms with E-state index in [1.54, 1.807) is 30.3 Å². The maximum absolute atomic E-state index is 13.4. The Labute approximate surface area is 212 Å². The molecule has 174 valence electrons. The Morgan fingerprint density at radius 1 is 1.03 bits per heavy atom. The Morgan fingerprint density at radius 3 is 2.36 bits per heavy atom. The smallest absolute Gasteiger partial charge is 0.243 e. The molecule has 0 heterocycles. The summed E-state index contributed by atoms with van der Waals surface area (Å²) in [6, 6.07) is 18.7. The van der Waals surface area contributed by atoms with E-state index in [1.807, 2.05) is 38.1 Å². The van der Waals surface area contributed by atoms with Crippen molar-refractivity contribution in [1.29, 1.82) is 0 Å². The van der Waals surface area contributed by atoms with Gasteiger partial charge in [-0.3, -0.25) is 4.79 Å². The highest BCUT2D eigenvalue weighted by molar-refractivity contribution is 9.10. The third-order valence-corrected chi connectivity index (χ3v) is 8.09. The van der Waals surface area contributed by atoms with E-state index in [0.717, 1.165) is 19.9 Å². The zero-order valence-corrected chi connectivity index (χ0v) is 22.0. The van der Waals surface area contributed by atoms with Crippen LogP contribution in [0.25, 0.3) is 0 Å². The maximum Gasteiger partial charge on any atom is 0.243 e. The molecule has 0 aliphatic carbocycles. The number of hydrogen-bond acceptors (Lipinski definition) is 3. The summed E-state index contributed by atoms with van der Waals surface area (Å²) < 4.78 is 28.9. The summed E-state index contributed by atoms with van der Waals surface area (Å²) in [5.41, 5.74) is 2.45. The van der Waals surface area contributed by atoms with Gasteiger partial charge in [0, 0.05) is 11.0 Å². The molecule has 9 heteroatoms. The third-order valence-electron chi connectivity index (χ3n) is 5.05. The minimum Gasteiger partial charge on any atom is -0.348 e. The lowest BCUT2D eigenvalue weighted by Gasteiger charge is -2.23. The van der Waals surface area contributed by atoms with Crippen molar-refractivity contribution in [2.75, 3.05) is 6.54 Å². The van der Waals surface area contributed by atoms with Gasteiger partial charge in [-0.1, -0.05) is 75.0 Å². The van der Waals surface area contributed by atoms with Gasteiger partial charge in [0.15, 0.2) is 0 Å². The number of carbonyl (C=O) groups excluding carboxylic acids is 1. The Kier molecular flexibility index (Phi) is 8.59. The van der Waals surface area contributed by atoms with Crippen LogP contribution in [0.3, 0.4) is 0 Å². The summed E-state index contributed by atoms with van der Waals surface area (Å²) in [6.45, 7) is 3.33. The van der Waals surface area contributed by atoms with Gasteiger partial charge in [-0.25, -0.2) is 8.42 Å². The molecule has 0 saturated heterocycles. The van der Waals surface area contributed by atoms with Gasteiger partial charge in [0.2, 0.25) is 15.9 Å². The number of rotatable bonds is 8. The molecule has 33 heavy (non-hydrogen) atoms. The number of nitrogens with one attached hydrogen (secondary N) is 1. The van der Waals surface area contributed by atoms with E-state index in [2.05, 4.69) is 21.2 Å². The summed E-state index contributed by atoms with van der Waals surface area (Å²) in [5, 5.41) is 3.56. The maximum atomic E-state index is 13.4. The van der Waals surface area contributed by atoms with E-state index in [-0.39, 0.29) is 24.0 Å². The van der Waals surface area contributed by atoms with Crippen LogP contribution in [0.1, 0.15) is 29.7 Å². The van der Waals surface area contributed by atoms with Crippen molar-refractivity contribution in [2.24, 2.45) is 0 Å². The van der Waals surface area contributed by atoms with Crippen molar-refractivity contribution in [3.05, 3.63) is 97.9 Å². The molecule has 0 aliphatic heterocycles. The Hall–Kier alpha value is -1.90. The molecule has 3 aromatic carbocycles. The molecule has 1 atom stereocenters. The summed E-state index contributed by atoms with van der Waals surface area (Å²) in [4.78, 5) is 13.0. The molecule has 1 amide bonds. The first-order valence-electron chi connectivity index (χ1n) is 10.1. The molecule has 3 aromatic rings. The van der Waals surface area contributed by atoms with Crippen LogP contribution in [0.15, 0.2) is 76.1 Å². The molecule has 0 bridgehead atoms. The van der Waals surface area contributed by atoms with Crippen LogP contribution in [-0.2, 0) is 21.4 Å². The molecule has 0 fully saturated rings. The minimum atomic E-state index is -3.95. The molecule has 0 aliphatic rings. The largest absolute Gasteiger partial charge is 0.348 e. The minimum absolute atomic E-state index is 0.0359. The van der Waals surface area contributed by atoms with Gasteiger partial charge >= 0.3 is 0 Å². The number of nitrogens with zero attached hydrogens (tertiary/aromatic N) is 1. The van der Waals surface area contributed by atoms with Crippen molar-refractivity contribution >= 4 is 55.1 Å². The lowest BCUT2D eigenvalue weighted by Crippen LogP contribution is -2.41. The number of halogens is 3. The van der Waals surface area contributed by atoms with E-state index < -0.39 is 15.9 Å². The van der Waals surface area contributed by atoms with Gasteiger partial charge in [-0.15, -0.1) is 0 Å². The fourth-order valence-corrected chi connectivity index (χ4v) is 5.36. The van der Waals surface area contributed by atoms with Gasteiger partial charge in [0.05, 0.1) is 27.5 Å². The number of aryl methyl sites for hydroxylation is 1. The van der Waals surface area contributed by atoms with Crippen LogP contribution in [0.4, 0.5) is 0 Å². The predicted octanol–water partition coefficient (Wildman–Crippen LogP) is 6.13. The van der Waals surface area contributed by atoms with E-state index >= 15 is 0 Å². The van der Waals surface area contributed by atoms with Crippen molar-refractivity contribution in [2.45, 2.75) is 31.3 Å². The molecule has 0 aromatic heterocycles. The van der Waals surface area contributed by atoms with E-state index in [9.17, 15) is 13.2 Å². The second-order valence-electron chi connectivity index (χ2n) is 7.68. The fourth-order valence-electron chi connectivity index (χ4n) is 3.23. The molecule has 0 spiro atoms. The molecular weight excluding hydrogens is 547 g/mol. The second kappa shape index (κ2) is 11.0. The second-order valence-corrected chi connectivity index (χ2v) is 11.3. The van der Waals surface area contributed by atoms with Crippen LogP contribution in [0, 0.1) is 6.92 Å². The van der Waals surface area contributed by atoms with Crippen molar-refractivity contribution in [1.82, 2.24) is 9.62 Å². The highest BCUT2D eigenvalue weighted by Gasteiger charge is 2.27. The van der Waals surface area contributed by atoms with Crippen LogP contribution in [0.2, 0.25) is 10.0 Å². The van der Waals surface area contributed by atoms with Crippen molar-refractivity contribution < 1.29 is 13.2 Å². The predicted molar refractivity (Wildman–Crippen MR) is 136 cm³/mol. The molecule has 1 N–H and O–H groups in total. The number of sulfonamides is 1. The lowest BCUT2D eigenvalue weighted by molar-refractivity contribution is -0.122. The van der Waals surface area contributed by atoms with Crippen LogP contribution >= 0.6 is 39.1 Å². The first-order chi connectivity index (χ1) is 15.6. The van der Waals surface area contributed by atoms with Crippen LogP contribution < -0.4 is 5.32 Å². The molecule has 1 unspecified atom stereocenters. The van der Waals surface area contributed by atoms with Crippen LogP contribution in [0.5, 0.6) is 0 Å². The number of benzene rings is 3. The van der Waals surface area contributed by atoms with Crippen molar-refractivity contribution in [3.63, 3.8) is 0 Å². The summed E-state index contributed by atoms with van der Waals surface area (Å²) in [7, 11) is -3.95. The summed E-state index contributed by atoms with van der Waals surface area (Å²) >= 11 is 15.5. The van der Waals surface area contributed by atoms with Gasteiger partial charge in [0.25, 0.3) is 0 Å². The average molecular weight is 570 g/mol. The summed E-state index contributed by atoms with van der Waals surface area (Å²) in [6.07, 6.45) is 0. The lowest BCUT2D eigenvalue weighted by atomic mass is 10.1.